The van der Waals surface area contributed by atoms with E-state index in [1.165, 1.54) is 0 Å². The van der Waals surface area contributed by atoms with Crippen LogP contribution in [0.5, 0.6) is 0 Å². The fraction of sp³-hybridized carbons (Fsp3) is 0.333. The van der Waals surface area contributed by atoms with Gasteiger partial charge in [-0.2, -0.15) is 5.10 Å². The SMILES string of the molecule is O=C1CCCC/C1=N/Nc1ccc(Br)cc1. The molecule has 84 valence electrons. The number of hydrazone groups is 1. The Bertz CT molecular complexity index is 412. The van der Waals surface area contributed by atoms with Crippen LogP contribution in [-0.2, 0) is 4.79 Å². The van der Waals surface area contributed by atoms with Crippen LogP contribution in [0, 0.1) is 0 Å². The standard InChI is InChI=1S/C12H13BrN2O/c13-9-5-7-10(8-6-9)14-15-11-3-1-2-4-12(11)16/h5-8,14H,1-4H2/b15-11-. The van der Waals surface area contributed by atoms with E-state index in [0.29, 0.717) is 12.1 Å². The highest BCUT2D eigenvalue weighted by Crippen LogP contribution is 2.15. The molecule has 0 aliphatic heterocycles. The average molecular weight is 281 g/mol. The van der Waals surface area contributed by atoms with Crippen LogP contribution in [0.3, 0.4) is 0 Å². The van der Waals surface area contributed by atoms with E-state index in [-0.39, 0.29) is 5.78 Å². The van der Waals surface area contributed by atoms with E-state index in [1.54, 1.807) is 0 Å². The fourth-order valence-electron chi connectivity index (χ4n) is 1.64. The zero-order valence-electron chi connectivity index (χ0n) is 8.87. The Kier molecular flexibility index (Phi) is 3.72. The van der Waals surface area contributed by atoms with Crippen LogP contribution in [0.4, 0.5) is 5.69 Å². The summed E-state index contributed by atoms with van der Waals surface area (Å²) in [5.41, 5.74) is 4.49. The number of hydrogen-bond donors (Lipinski definition) is 1. The molecule has 0 radical (unpaired) electrons. The van der Waals surface area contributed by atoms with Gasteiger partial charge in [0.1, 0.15) is 5.71 Å². The van der Waals surface area contributed by atoms with Crippen molar-refractivity contribution >= 4 is 33.1 Å². The van der Waals surface area contributed by atoms with Crippen molar-refractivity contribution in [2.45, 2.75) is 25.7 Å². The Balaban J connectivity index is 2.02. The molecular weight excluding hydrogens is 268 g/mol. The predicted octanol–water partition coefficient (Wildman–Crippen LogP) is 3.36. The molecule has 0 bridgehead atoms. The summed E-state index contributed by atoms with van der Waals surface area (Å²) in [7, 11) is 0. The first-order chi connectivity index (χ1) is 7.75. The van der Waals surface area contributed by atoms with E-state index in [9.17, 15) is 4.79 Å². The maximum atomic E-state index is 11.5. The van der Waals surface area contributed by atoms with E-state index >= 15 is 0 Å². The van der Waals surface area contributed by atoms with Gasteiger partial charge in [-0.05, 0) is 43.5 Å². The largest absolute Gasteiger partial charge is 0.293 e. The molecule has 3 nitrogen and oxygen atoms in total. The lowest BCUT2D eigenvalue weighted by molar-refractivity contribution is -0.113. The van der Waals surface area contributed by atoms with E-state index in [1.807, 2.05) is 24.3 Å². The molecular formula is C12H13BrN2O. The van der Waals surface area contributed by atoms with Crippen LogP contribution < -0.4 is 5.43 Å². The molecule has 0 aromatic heterocycles. The van der Waals surface area contributed by atoms with Crippen LogP contribution in [-0.4, -0.2) is 11.5 Å². The van der Waals surface area contributed by atoms with Gasteiger partial charge in [-0.15, -0.1) is 0 Å². The average Bonchev–Trinajstić information content (AvgIpc) is 2.30. The number of anilines is 1. The molecule has 1 aliphatic rings. The summed E-state index contributed by atoms with van der Waals surface area (Å²) >= 11 is 3.36. The summed E-state index contributed by atoms with van der Waals surface area (Å²) in [6, 6.07) is 7.71. The maximum absolute atomic E-state index is 11.5. The van der Waals surface area contributed by atoms with Gasteiger partial charge in [0.15, 0.2) is 5.78 Å². The Morgan fingerprint density at radius 1 is 1.12 bits per heavy atom. The molecule has 0 saturated heterocycles. The highest BCUT2D eigenvalue weighted by atomic mass is 79.9. The van der Waals surface area contributed by atoms with Gasteiger partial charge in [-0.3, -0.25) is 10.2 Å². The lowest BCUT2D eigenvalue weighted by Crippen LogP contribution is -2.19. The molecule has 1 aliphatic carbocycles. The molecule has 1 saturated carbocycles. The summed E-state index contributed by atoms with van der Waals surface area (Å²) in [6.07, 6.45) is 3.49. The van der Waals surface area contributed by atoms with Gasteiger partial charge in [-0.1, -0.05) is 15.9 Å². The second kappa shape index (κ2) is 5.25. The minimum Gasteiger partial charge on any atom is -0.293 e. The summed E-state index contributed by atoms with van der Waals surface area (Å²) in [6.45, 7) is 0. The monoisotopic (exact) mass is 280 g/mol. The third-order valence-electron chi connectivity index (χ3n) is 2.55. The van der Waals surface area contributed by atoms with Crippen molar-refractivity contribution in [3.63, 3.8) is 0 Å². The van der Waals surface area contributed by atoms with E-state index < -0.39 is 0 Å². The quantitative estimate of drug-likeness (QED) is 0.844. The smallest absolute Gasteiger partial charge is 0.178 e. The third kappa shape index (κ3) is 2.92. The second-order valence-corrected chi connectivity index (χ2v) is 4.72. The zero-order chi connectivity index (χ0) is 11.4. The molecule has 2 rings (SSSR count). The number of Topliss-reactive ketones (excluding diaryl/α,β-unsaturated/α-hetero) is 1. The van der Waals surface area contributed by atoms with Crippen LogP contribution >= 0.6 is 15.9 Å². The first-order valence-corrected chi connectivity index (χ1v) is 6.16. The van der Waals surface area contributed by atoms with Crippen LogP contribution in [0.1, 0.15) is 25.7 Å². The molecule has 0 heterocycles. The Morgan fingerprint density at radius 2 is 1.81 bits per heavy atom. The molecule has 0 atom stereocenters. The minimum absolute atomic E-state index is 0.177. The number of benzene rings is 1. The fourth-order valence-corrected chi connectivity index (χ4v) is 1.90. The van der Waals surface area contributed by atoms with Crippen LogP contribution in [0.15, 0.2) is 33.8 Å². The first kappa shape index (κ1) is 11.3. The first-order valence-electron chi connectivity index (χ1n) is 5.37. The topological polar surface area (TPSA) is 41.5 Å². The minimum atomic E-state index is 0.177. The molecule has 1 aromatic carbocycles. The second-order valence-electron chi connectivity index (χ2n) is 3.81. The summed E-state index contributed by atoms with van der Waals surface area (Å²) in [5.74, 6) is 0.177. The van der Waals surface area contributed by atoms with Crippen molar-refractivity contribution in [2.75, 3.05) is 5.43 Å². The number of hydrogen-bond acceptors (Lipinski definition) is 3. The van der Waals surface area contributed by atoms with Crippen molar-refractivity contribution in [1.82, 2.24) is 0 Å². The normalized spacial score (nSPS) is 18.8. The van der Waals surface area contributed by atoms with Gasteiger partial charge in [0, 0.05) is 10.9 Å². The molecule has 0 unspecified atom stereocenters. The summed E-state index contributed by atoms with van der Waals surface area (Å²) < 4.78 is 1.03. The van der Waals surface area contributed by atoms with Crippen molar-refractivity contribution in [3.8, 4) is 0 Å². The van der Waals surface area contributed by atoms with Crippen molar-refractivity contribution in [3.05, 3.63) is 28.7 Å². The molecule has 1 fully saturated rings. The Hall–Kier alpha value is -1.16. The van der Waals surface area contributed by atoms with Gasteiger partial charge < -0.3 is 0 Å². The number of rotatable bonds is 2. The van der Waals surface area contributed by atoms with Crippen molar-refractivity contribution < 1.29 is 4.79 Å². The molecule has 4 heteroatoms. The van der Waals surface area contributed by atoms with Gasteiger partial charge >= 0.3 is 0 Å². The lowest BCUT2D eigenvalue weighted by atomic mass is 9.97. The number of ketones is 1. The van der Waals surface area contributed by atoms with Crippen LogP contribution in [0.2, 0.25) is 0 Å². The highest BCUT2D eigenvalue weighted by molar-refractivity contribution is 9.10. The maximum Gasteiger partial charge on any atom is 0.178 e. The van der Waals surface area contributed by atoms with Crippen molar-refractivity contribution in [1.29, 1.82) is 0 Å². The number of nitrogens with zero attached hydrogens (tertiary/aromatic N) is 1. The molecule has 1 aromatic rings. The van der Waals surface area contributed by atoms with Crippen molar-refractivity contribution in [2.24, 2.45) is 5.10 Å². The lowest BCUT2D eigenvalue weighted by Gasteiger charge is -2.11. The molecule has 0 spiro atoms. The Morgan fingerprint density at radius 3 is 2.50 bits per heavy atom. The Labute approximate surface area is 103 Å². The number of nitrogens with one attached hydrogen (secondary N) is 1. The summed E-state index contributed by atoms with van der Waals surface area (Å²) in [4.78, 5) is 11.5. The van der Waals surface area contributed by atoms with Gasteiger partial charge in [0.05, 0.1) is 5.69 Å². The van der Waals surface area contributed by atoms with E-state index in [0.717, 1.165) is 29.4 Å². The third-order valence-corrected chi connectivity index (χ3v) is 3.08. The predicted molar refractivity (Wildman–Crippen MR) is 68.7 cm³/mol. The van der Waals surface area contributed by atoms with Gasteiger partial charge in [0.2, 0.25) is 0 Å². The highest BCUT2D eigenvalue weighted by Gasteiger charge is 2.16. The zero-order valence-corrected chi connectivity index (χ0v) is 10.5. The molecule has 16 heavy (non-hydrogen) atoms. The number of carbonyl (C=O) groups excluding carboxylic acids is 1. The van der Waals surface area contributed by atoms with Crippen LogP contribution in [0.25, 0.3) is 0 Å². The summed E-state index contributed by atoms with van der Waals surface area (Å²) in [5, 5.41) is 4.17. The number of halogens is 1. The molecule has 0 amide bonds. The van der Waals surface area contributed by atoms with Gasteiger partial charge in [0.25, 0.3) is 0 Å². The van der Waals surface area contributed by atoms with Gasteiger partial charge in [-0.25, -0.2) is 0 Å². The van der Waals surface area contributed by atoms with E-state index in [4.69, 9.17) is 0 Å². The van der Waals surface area contributed by atoms with E-state index in [2.05, 4.69) is 26.5 Å². The number of carbonyl (C=O) groups is 1. The molecule has 1 N–H and O–H groups in total.